The van der Waals surface area contributed by atoms with Crippen molar-refractivity contribution in [1.29, 1.82) is 0 Å². The van der Waals surface area contributed by atoms with Gasteiger partial charge in [0.15, 0.2) is 11.5 Å². The largest absolute Gasteiger partial charge is 0.490 e. The van der Waals surface area contributed by atoms with E-state index < -0.39 is 11.7 Å². The molecule has 1 heterocycles. The Bertz CT molecular complexity index is 786. The van der Waals surface area contributed by atoms with Crippen LogP contribution >= 0.6 is 11.6 Å². The number of nitrogens with one attached hydrogen (secondary N) is 1. The average molecular weight is 346 g/mol. The molecule has 0 fully saturated rings. The van der Waals surface area contributed by atoms with Crippen LogP contribution in [0.5, 0.6) is 11.5 Å². The second-order valence-electron chi connectivity index (χ2n) is 5.48. The number of hydrogen-bond acceptors (Lipinski definition) is 4. The van der Waals surface area contributed by atoms with Gasteiger partial charge in [-0.15, -0.1) is 0 Å². The lowest BCUT2D eigenvalue weighted by Gasteiger charge is -2.12. The SMILES string of the molecule is Cc1ccc(C(=O)C(=O)Nc2cc3c(cc2Cl)OCCCO3)cc1. The Morgan fingerprint density at radius 2 is 1.67 bits per heavy atom. The molecular formula is C18H16ClNO4. The van der Waals surface area contributed by atoms with Gasteiger partial charge in [0, 0.05) is 24.1 Å². The first-order chi connectivity index (χ1) is 11.5. The Morgan fingerprint density at radius 3 is 2.33 bits per heavy atom. The van der Waals surface area contributed by atoms with E-state index in [1.807, 2.05) is 6.92 Å². The van der Waals surface area contributed by atoms with Crippen LogP contribution in [0.2, 0.25) is 5.02 Å². The quantitative estimate of drug-likeness (QED) is 0.681. The maximum Gasteiger partial charge on any atom is 0.296 e. The molecule has 0 bridgehead atoms. The fraction of sp³-hybridized carbons (Fsp3) is 0.222. The summed E-state index contributed by atoms with van der Waals surface area (Å²) in [7, 11) is 0. The van der Waals surface area contributed by atoms with Gasteiger partial charge in [0.2, 0.25) is 0 Å². The van der Waals surface area contributed by atoms with E-state index in [0.717, 1.165) is 12.0 Å². The molecule has 2 aromatic carbocycles. The maximum absolute atomic E-state index is 12.2. The van der Waals surface area contributed by atoms with Crippen LogP contribution in [0.15, 0.2) is 36.4 Å². The zero-order valence-electron chi connectivity index (χ0n) is 13.1. The number of hydrogen-bond donors (Lipinski definition) is 1. The van der Waals surface area contributed by atoms with Gasteiger partial charge < -0.3 is 14.8 Å². The molecule has 0 saturated heterocycles. The number of ketones is 1. The summed E-state index contributed by atoms with van der Waals surface area (Å²) in [6.07, 6.45) is 0.764. The third-order valence-corrected chi connectivity index (χ3v) is 3.92. The lowest BCUT2D eigenvalue weighted by Crippen LogP contribution is -2.23. The number of carbonyl (C=O) groups excluding carboxylic acids is 2. The van der Waals surface area contributed by atoms with E-state index in [-0.39, 0.29) is 5.02 Å². The number of amides is 1. The van der Waals surface area contributed by atoms with Crippen molar-refractivity contribution in [2.75, 3.05) is 18.5 Å². The van der Waals surface area contributed by atoms with Crippen LogP contribution in [0.4, 0.5) is 5.69 Å². The summed E-state index contributed by atoms with van der Waals surface area (Å²) >= 11 is 6.17. The molecule has 0 aromatic heterocycles. The molecule has 3 rings (SSSR count). The fourth-order valence-electron chi connectivity index (χ4n) is 2.29. The summed E-state index contributed by atoms with van der Waals surface area (Å²) in [5.74, 6) is -0.358. The molecule has 124 valence electrons. The highest BCUT2D eigenvalue weighted by molar-refractivity contribution is 6.47. The number of halogens is 1. The van der Waals surface area contributed by atoms with E-state index in [1.165, 1.54) is 0 Å². The second-order valence-corrected chi connectivity index (χ2v) is 5.89. The van der Waals surface area contributed by atoms with Crippen molar-refractivity contribution in [1.82, 2.24) is 0 Å². The topological polar surface area (TPSA) is 64.6 Å². The van der Waals surface area contributed by atoms with Crippen molar-refractivity contribution in [3.8, 4) is 11.5 Å². The normalized spacial score (nSPS) is 13.1. The molecule has 0 radical (unpaired) electrons. The predicted molar refractivity (Wildman–Crippen MR) is 91.2 cm³/mol. The Morgan fingerprint density at radius 1 is 1.04 bits per heavy atom. The molecule has 1 aliphatic rings. The van der Waals surface area contributed by atoms with E-state index in [1.54, 1.807) is 36.4 Å². The Labute approximate surface area is 144 Å². The average Bonchev–Trinajstić information content (AvgIpc) is 2.80. The van der Waals surface area contributed by atoms with Crippen molar-refractivity contribution in [3.63, 3.8) is 0 Å². The maximum atomic E-state index is 12.2. The van der Waals surface area contributed by atoms with Crippen molar-refractivity contribution >= 4 is 29.0 Å². The minimum absolute atomic E-state index is 0.282. The van der Waals surface area contributed by atoms with Gasteiger partial charge >= 0.3 is 0 Å². The molecule has 2 aromatic rings. The minimum atomic E-state index is -0.754. The van der Waals surface area contributed by atoms with Gasteiger partial charge in [-0.2, -0.15) is 0 Å². The predicted octanol–water partition coefficient (Wildman–Crippen LogP) is 3.63. The smallest absolute Gasteiger partial charge is 0.296 e. The first-order valence-electron chi connectivity index (χ1n) is 7.56. The molecule has 0 aliphatic carbocycles. The first kappa shape index (κ1) is 16.3. The van der Waals surface area contributed by atoms with Crippen molar-refractivity contribution in [2.45, 2.75) is 13.3 Å². The van der Waals surface area contributed by atoms with Crippen LogP contribution in [-0.4, -0.2) is 24.9 Å². The van der Waals surface area contributed by atoms with Crippen LogP contribution in [0.1, 0.15) is 22.3 Å². The Hall–Kier alpha value is -2.53. The van der Waals surface area contributed by atoms with Crippen LogP contribution < -0.4 is 14.8 Å². The van der Waals surface area contributed by atoms with Gasteiger partial charge in [0.1, 0.15) is 0 Å². The summed E-state index contributed by atoms with van der Waals surface area (Å²) < 4.78 is 11.1. The van der Waals surface area contributed by atoms with Gasteiger partial charge in [-0.25, -0.2) is 0 Å². The van der Waals surface area contributed by atoms with Crippen molar-refractivity contribution in [2.24, 2.45) is 0 Å². The Balaban J connectivity index is 1.80. The monoisotopic (exact) mass is 345 g/mol. The standard InChI is InChI=1S/C18H16ClNO4/c1-11-3-5-12(6-4-11)17(21)18(22)20-14-10-16-15(9-13(14)19)23-7-2-8-24-16/h3-6,9-10H,2,7-8H2,1H3,(H,20,22). The summed E-state index contributed by atoms with van der Waals surface area (Å²) in [5.41, 5.74) is 1.65. The fourth-order valence-corrected chi connectivity index (χ4v) is 2.50. The summed E-state index contributed by atoms with van der Waals surface area (Å²) in [6.45, 7) is 2.97. The highest BCUT2D eigenvalue weighted by atomic mass is 35.5. The summed E-state index contributed by atoms with van der Waals surface area (Å²) in [4.78, 5) is 24.4. The number of ether oxygens (including phenoxy) is 2. The molecule has 0 spiro atoms. The molecule has 0 atom stereocenters. The molecule has 1 aliphatic heterocycles. The van der Waals surface area contributed by atoms with Crippen LogP contribution in [-0.2, 0) is 4.79 Å². The Kier molecular flexibility index (Phi) is 4.71. The van der Waals surface area contributed by atoms with E-state index in [4.69, 9.17) is 21.1 Å². The summed E-state index contributed by atoms with van der Waals surface area (Å²) in [6, 6.07) is 9.94. The van der Waals surface area contributed by atoms with Gasteiger partial charge in [-0.3, -0.25) is 9.59 Å². The molecule has 0 unspecified atom stereocenters. The van der Waals surface area contributed by atoms with Crippen LogP contribution in [0, 0.1) is 6.92 Å². The molecule has 6 heteroatoms. The molecular weight excluding hydrogens is 330 g/mol. The van der Waals surface area contributed by atoms with E-state index in [9.17, 15) is 9.59 Å². The molecule has 24 heavy (non-hydrogen) atoms. The van der Waals surface area contributed by atoms with Gasteiger partial charge in [-0.1, -0.05) is 41.4 Å². The van der Waals surface area contributed by atoms with Crippen molar-refractivity contribution in [3.05, 3.63) is 52.5 Å². The highest BCUT2D eigenvalue weighted by Crippen LogP contribution is 2.37. The molecule has 1 amide bonds. The second kappa shape index (κ2) is 6.93. The number of fused-ring (bicyclic) bond motifs is 1. The van der Waals surface area contributed by atoms with E-state index in [2.05, 4.69) is 5.32 Å². The van der Waals surface area contributed by atoms with E-state index >= 15 is 0 Å². The van der Waals surface area contributed by atoms with Gasteiger partial charge in [0.25, 0.3) is 11.7 Å². The number of carbonyl (C=O) groups is 2. The van der Waals surface area contributed by atoms with Crippen LogP contribution in [0.25, 0.3) is 0 Å². The van der Waals surface area contributed by atoms with Crippen molar-refractivity contribution < 1.29 is 19.1 Å². The number of rotatable bonds is 3. The van der Waals surface area contributed by atoms with Crippen LogP contribution in [0.3, 0.4) is 0 Å². The number of benzene rings is 2. The first-order valence-corrected chi connectivity index (χ1v) is 7.94. The van der Waals surface area contributed by atoms with Gasteiger partial charge in [-0.05, 0) is 6.92 Å². The number of aryl methyl sites for hydroxylation is 1. The minimum Gasteiger partial charge on any atom is -0.490 e. The molecule has 0 saturated carbocycles. The van der Waals surface area contributed by atoms with E-state index in [0.29, 0.717) is 36.0 Å². The zero-order valence-corrected chi connectivity index (χ0v) is 13.9. The van der Waals surface area contributed by atoms with Gasteiger partial charge in [0.05, 0.1) is 23.9 Å². The summed E-state index contributed by atoms with van der Waals surface area (Å²) in [5, 5.41) is 2.82. The third-order valence-electron chi connectivity index (χ3n) is 3.61. The zero-order chi connectivity index (χ0) is 17.1. The number of anilines is 1. The highest BCUT2D eigenvalue weighted by Gasteiger charge is 2.20. The lowest BCUT2D eigenvalue weighted by molar-refractivity contribution is -0.112. The molecule has 1 N–H and O–H groups in total. The third kappa shape index (κ3) is 3.51. The number of Topliss-reactive ketones (excluding diaryl/α,β-unsaturated/α-hetero) is 1. The molecule has 5 nitrogen and oxygen atoms in total. The lowest BCUT2D eigenvalue weighted by atomic mass is 10.1.